The van der Waals surface area contributed by atoms with Crippen LogP contribution in [0.2, 0.25) is 0 Å². The predicted molar refractivity (Wildman–Crippen MR) is 67.7 cm³/mol. The first-order valence-electron chi connectivity index (χ1n) is 7.02. The van der Waals surface area contributed by atoms with Gasteiger partial charge in [-0.25, -0.2) is 0 Å². The van der Waals surface area contributed by atoms with E-state index in [-0.39, 0.29) is 11.5 Å². The normalized spacial score (nSPS) is 37.8. The van der Waals surface area contributed by atoms with Gasteiger partial charge in [0.15, 0.2) is 0 Å². The van der Waals surface area contributed by atoms with Crippen molar-refractivity contribution in [3.8, 4) is 0 Å². The van der Waals surface area contributed by atoms with Gasteiger partial charge in [0.25, 0.3) is 0 Å². The smallest absolute Gasteiger partial charge is 0.326 e. The number of hydrogen-bond acceptors (Lipinski definition) is 3. The van der Waals surface area contributed by atoms with Gasteiger partial charge in [-0.2, -0.15) is 0 Å². The molecule has 0 spiro atoms. The largest absolute Gasteiger partial charge is 0.465 e. The van der Waals surface area contributed by atoms with E-state index in [4.69, 9.17) is 4.74 Å². The van der Waals surface area contributed by atoms with Crippen LogP contribution >= 0.6 is 0 Å². The Morgan fingerprint density at radius 2 is 2.00 bits per heavy atom. The molecule has 2 rings (SSSR count). The van der Waals surface area contributed by atoms with Gasteiger partial charge in [-0.05, 0) is 50.9 Å². The molecule has 0 aliphatic heterocycles. The molecule has 2 aliphatic carbocycles. The third-order valence-corrected chi connectivity index (χ3v) is 4.39. The second-order valence-corrected chi connectivity index (χ2v) is 5.92. The monoisotopic (exact) mass is 239 g/mol. The van der Waals surface area contributed by atoms with E-state index in [9.17, 15) is 4.79 Å². The van der Waals surface area contributed by atoms with Crippen LogP contribution in [0.1, 0.15) is 52.9 Å². The highest BCUT2D eigenvalue weighted by Crippen LogP contribution is 2.39. The fourth-order valence-electron chi connectivity index (χ4n) is 2.87. The van der Waals surface area contributed by atoms with E-state index in [1.165, 1.54) is 12.8 Å². The standard InChI is InChI=1S/C14H25NO2/c1-4-17-13(16)14(15-12-5-6-12)8-7-10(2)11(3)9-14/h10-12,15H,4-9H2,1-3H3. The van der Waals surface area contributed by atoms with E-state index in [2.05, 4.69) is 19.2 Å². The molecule has 3 atom stereocenters. The summed E-state index contributed by atoms with van der Waals surface area (Å²) in [5, 5.41) is 3.57. The van der Waals surface area contributed by atoms with Gasteiger partial charge in [-0.15, -0.1) is 0 Å². The van der Waals surface area contributed by atoms with E-state index in [0.717, 1.165) is 25.2 Å². The summed E-state index contributed by atoms with van der Waals surface area (Å²) in [6.07, 6.45) is 5.42. The predicted octanol–water partition coefficient (Wildman–Crippen LogP) is 2.50. The maximum Gasteiger partial charge on any atom is 0.326 e. The van der Waals surface area contributed by atoms with Crippen LogP contribution in [0.4, 0.5) is 0 Å². The Morgan fingerprint density at radius 3 is 2.53 bits per heavy atom. The van der Waals surface area contributed by atoms with Crippen molar-refractivity contribution in [2.24, 2.45) is 11.8 Å². The Kier molecular flexibility index (Phi) is 3.76. The Labute approximate surface area is 104 Å². The highest BCUT2D eigenvalue weighted by Gasteiger charge is 2.47. The molecular formula is C14H25NO2. The number of nitrogens with one attached hydrogen (secondary N) is 1. The molecule has 3 nitrogen and oxygen atoms in total. The molecule has 0 aromatic carbocycles. The quantitative estimate of drug-likeness (QED) is 0.766. The molecule has 0 saturated heterocycles. The van der Waals surface area contributed by atoms with Gasteiger partial charge in [-0.1, -0.05) is 13.8 Å². The van der Waals surface area contributed by atoms with Crippen LogP contribution in [0.3, 0.4) is 0 Å². The minimum Gasteiger partial charge on any atom is -0.465 e. The number of carbonyl (C=O) groups excluding carboxylic acids is 1. The molecule has 2 fully saturated rings. The minimum absolute atomic E-state index is 0.0225. The average Bonchev–Trinajstić information content (AvgIpc) is 3.08. The highest BCUT2D eigenvalue weighted by molar-refractivity contribution is 5.81. The lowest BCUT2D eigenvalue weighted by Crippen LogP contribution is -2.57. The Hall–Kier alpha value is -0.570. The first-order valence-corrected chi connectivity index (χ1v) is 7.02. The lowest BCUT2D eigenvalue weighted by Gasteiger charge is -2.41. The Morgan fingerprint density at radius 1 is 1.29 bits per heavy atom. The third-order valence-electron chi connectivity index (χ3n) is 4.39. The number of carbonyl (C=O) groups is 1. The van der Waals surface area contributed by atoms with Gasteiger partial charge in [0.05, 0.1) is 6.61 Å². The molecule has 0 radical (unpaired) electrons. The molecule has 0 bridgehead atoms. The molecule has 0 aromatic heterocycles. The van der Waals surface area contributed by atoms with Gasteiger partial charge < -0.3 is 4.74 Å². The van der Waals surface area contributed by atoms with Crippen molar-refractivity contribution in [3.05, 3.63) is 0 Å². The summed E-state index contributed by atoms with van der Waals surface area (Å²) < 4.78 is 5.30. The summed E-state index contributed by atoms with van der Waals surface area (Å²) in [4.78, 5) is 12.3. The lowest BCUT2D eigenvalue weighted by molar-refractivity contribution is -0.154. The fraction of sp³-hybridized carbons (Fsp3) is 0.929. The fourth-order valence-corrected chi connectivity index (χ4v) is 2.87. The summed E-state index contributed by atoms with van der Waals surface area (Å²) in [6, 6.07) is 0.556. The SMILES string of the molecule is CCOC(=O)C1(NC2CC2)CCC(C)C(C)C1. The van der Waals surface area contributed by atoms with E-state index >= 15 is 0 Å². The van der Waals surface area contributed by atoms with Crippen LogP contribution in [0.15, 0.2) is 0 Å². The summed E-state index contributed by atoms with van der Waals surface area (Å²) in [5.74, 6) is 1.30. The summed E-state index contributed by atoms with van der Waals surface area (Å²) in [6.45, 7) is 6.91. The van der Waals surface area contributed by atoms with Gasteiger partial charge in [-0.3, -0.25) is 10.1 Å². The highest BCUT2D eigenvalue weighted by atomic mass is 16.5. The zero-order valence-electron chi connectivity index (χ0n) is 11.3. The van der Waals surface area contributed by atoms with Crippen molar-refractivity contribution in [1.82, 2.24) is 5.32 Å². The van der Waals surface area contributed by atoms with Crippen LogP contribution in [-0.2, 0) is 9.53 Å². The van der Waals surface area contributed by atoms with Gasteiger partial charge in [0.1, 0.15) is 5.54 Å². The molecule has 0 heterocycles. The lowest BCUT2D eigenvalue weighted by atomic mass is 9.71. The number of esters is 1. The van der Waals surface area contributed by atoms with Gasteiger partial charge in [0, 0.05) is 6.04 Å². The van der Waals surface area contributed by atoms with Crippen LogP contribution < -0.4 is 5.32 Å². The van der Waals surface area contributed by atoms with Crippen LogP contribution in [0.25, 0.3) is 0 Å². The first-order chi connectivity index (χ1) is 8.07. The second kappa shape index (κ2) is 4.97. The van der Waals surface area contributed by atoms with E-state index in [1.54, 1.807) is 0 Å². The molecule has 98 valence electrons. The topological polar surface area (TPSA) is 38.3 Å². The van der Waals surface area contributed by atoms with Crippen molar-refractivity contribution in [3.63, 3.8) is 0 Å². The molecule has 0 aromatic rings. The molecule has 0 amide bonds. The van der Waals surface area contributed by atoms with Crippen molar-refractivity contribution < 1.29 is 9.53 Å². The van der Waals surface area contributed by atoms with Crippen LogP contribution in [-0.4, -0.2) is 24.2 Å². The zero-order valence-corrected chi connectivity index (χ0v) is 11.3. The van der Waals surface area contributed by atoms with Gasteiger partial charge >= 0.3 is 5.97 Å². The minimum atomic E-state index is -0.386. The molecule has 1 N–H and O–H groups in total. The third kappa shape index (κ3) is 2.82. The van der Waals surface area contributed by atoms with Crippen LogP contribution in [0, 0.1) is 11.8 Å². The number of rotatable bonds is 4. The maximum absolute atomic E-state index is 12.3. The first kappa shape index (κ1) is 12.9. The van der Waals surface area contributed by atoms with Crippen molar-refractivity contribution >= 4 is 5.97 Å². The summed E-state index contributed by atoms with van der Waals surface area (Å²) in [7, 11) is 0. The van der Waals surface area contributed by atoms with Gasteiger partial charge in [0.2, 0.25) is 0 Å². The zero-order chi connectivity index (χ0) is 12.5. The molecule has 3 heteroatoms. The summed E-state index contributed by atoms with van der Waals surface area (Å²) in [5.41, 5.74) is -0.386. The van der Waals surface area contributed by atoms with Crippen molar-refractivity contribution in [2.45, 2.75) is 64.5 Å². The molecule has 3 unspecified atom stereocenters. The van der Waals surface area contributed by atoms with Crippen molar-refractivity contribution in [2.75, 3.05) is 6.61 Å². The Bertz CT molecular complexity index is 288. The number of ether oxygens (including phenoxy) is 1. The van der Waals surface area contributed by atoms with Crippen LogP contribution in [0.5, 0.6) is 0 Å². The molecule has 17 heavy (non-hydrogen) atoms. The second-order valence-electron chi connectivity index (χ2n) is 5.92. The van der Waals surface area contributed by atoms with E-state index in [1.807, 2.05) is 6.92 Å². The van der Waals surface area contributed by atoms with Crippen molar-refractivity contribution in [1.29, 1.82) is 0 Å². The van der Waals surface area contributed by atoms with E-state index < -0.39 is 0 Å². The number of hydrogen-bond donors (Lipinski definition) is 1. The molecule has 2 aliphatic rings. The summed E-state index contributed by atoms with van der Waals surface area (Å²) >= 11 is 0. The Balaban J connectivity index is 2.08. The van der Waals surface area contributed by atoms with E-state index in [0.29, 0.717) is 18.6 Å². The molecule has 2 saturated carbocycles. The average molecular weight is 239 g/mol. The molecular weight excluding hydrogens is 214 g/mol. The maximum atomic E-state index is 12.3.